The Kier molecular flexibility index (Phi) is 4.93. The highest BCUT2D eigenvalue weighted by molar-refractivity contribution is 5.99. The highest BCUT2D eigenvalue weighted by Crippen LogP contribution is 2.33. The van der Waals surface area contributed by atoms with Crippen LogP contribution in [0.1, 0.15) is 38.4 Å². The predicted octanol–water partition coefficient (Wildman–Crippen LogP) is 2.89. The minimum Gasteiger partial charge on any atom is -0.491 e. The maximum absolute atomic E-state index is 13.2. The summed E-state index contributed by atoms with van der Waals surface area (Å²) in [5, 5.41) is 0. The molecule has 1 aromatic carbocycles. The van der Waals surface area contributed by atoms with Gasteiger partial charge in [0.1, 0.15) is 18.1 Å². The molecule has 0 atom stereocenters. The Morgan fingerprint density at radius 2 is 2.04 bits per heavy atom. The molecule has 0 radical (unpaired) electrons. The molecule has 2 heterocycles. The van der Waals surface area contributed by atoms with Crippen LogP contribution in [0.2, 0.25) is 0 Å². The molecule has 0 aliphatic carbocycles. The smallest absolute Gasteiger partial charge is 0.298 e. The molecule has 26 heavy (non-hydrogen) atoms. The van der Waals surface area contributed by atoms with Gasteiger partial charge in [-0.15, -0.1) is 0 Å². The van der Waals surface area contributed by atoms with E-state index in [2.05, 4.69) is 4.98 Å². The molecule has 0 N–H and O–H groups in total. The van der Waals surface area contributed by atoms with Crippen LogP contribution in [0.3, 0.4) is 0 Å². The number of rotatable bonds is 4. The van der Waals surface area contributed by atoms with Crippen molar-refractivity contribution >= 4 is 12.4 Å². The van der Waals surface area contributed by atoms with E-state index in [0.29, 0.717) is 48.8 Å². The molecular formula is C20H22N2O4. The summed E-state index contributed by atoms with van der Waals surface area (Å²) >= 11 is 0. The number of ether oxygens (including phenoxy) is 2. The summed E-state index contributed by atoms with van der Waals surface area (Å²) in [6.45, 7) is 9.42. The van der Waals surface area contributed by atoms with E-state index in [1.807, 2.05) is 26.8 Å². The van der Waals surface area contributed by atoms with Gasteiger partial charge in [-0.3, -0.25) is 14.6 Å². The lowest BCUT2D eigenvalue weighted by Gasteiger charge is -2.23. The van der Waals surface area contributed by atoms with Crippen molar-refractivity contribution in [3.05, 3.63) is 51.8 Å². The second kappa shape index (κ2) is 7.15. The lowest BCUT2D eigenvalue weighted by Crippen LogP contribution is -2.33. The number of hydrogen-bond acceptors (Lipinski definition) is 5. The molecule has 136 valence electrons. The third-order valence-electron chi connectivity index (χ3n) is 4.70. The van der Waals surface area contributed by atoms with Crippen LogP contribution in [0.15, 0.2) is 18.2 Å². The van der Waals surface area contributed by atoms with E-state index in [1.54, 1.807) is 24.0 Å². The van der Waals surface area contributed by atoms with Crippen LogP contribution in [0.5, 0.6) is 11.5 Å². The van der Waals surface area contributed by atoms with Gasteiger partial charge in [-0.2, -0.15) is 0 Å². The number of carbonyl (C=O) groups excluding carboxylic acids is 2. The summed E-state index contributed by atoms with van der Waals surface area (Å²) in [6.07, 6.45) is 0. The number of pyridine rings is 1. The summed E-state index contributed by atoms with van der Waals surface area (Å²) in [4.78, 5) is 30.2. The van der Waals surface area contributed by atoms with Crippen molar-refractivity contribution in [3.63, 3.8) is 0 Å². The SMILES string of the molecule is Cc1cc(C)c(CN2CCOc3ccc(OC=O)c(C)c3C2=O)c(C)n1. The summed E-state index contributed by atoms with van der Waals surface area (Å²) in [5.74, 6) is 0.747. The van der Waals surface area contributed by atoms with Gasteiger partial charge in [-0.05, 0) is 57.0 Å². The molecule has 0 saturated carbocycles. The number of carbonyl (C=O) groups is 2. The first kappa shape index (κ1) is 17.9. The molecule has 1 amide bonds. The van der Waals surface area contributed by atoms with E-state index in [9.17, 15) is 9.59 Å². The van der Waals surface area contributed by atoms with Crippen LogP contribution in [0.25, 0.3) is 0 Å². The van der Waals surface area contributed by atoms with Crippen LogP contribution in [0, 0.1) is 27.7 Å². The Morgan fingerprint density at radius 3 is 2.73 bits per heavy atom. The van der Waals surface area contributed by atoms with Gasteiger partial charge < -0.3 is 14.4 Å². The lowest BCUT2D eigenvalue weighted by molar-refractivity contribution is -0.120. The van der Waals surface area contributed by atoms with Crippen molar-refractivity contribution in [3.8, 4) is 11.5 Å². The molecule has 3 rings (SSSR count). The predicted molar refractivity (Wildman–Crippen MR) is 96.6 cm³/mol. The van der Waals surface area contributed by atoms with Gasteiger partial charge in [0.15, 0.2) is 0 Å². The van der Waals surface area contributed by atoms with Gasteiger partial charge in [0, 0.05) is 23.5 Å². The Balaban J connectivity index is 1.98. The highest BCUT2D eigenvalue weighted by atomic mass is 16.5. The topological polar surface area (TPSA) is 68.7 Å². The van der Waals surface area contributed by atoms with Gasteiger partial charge in [0.05, 0.1) is 12.1 Å². The van der Waals surface area contributed by atoms with Crippen LogP contribution >= 0.6 is 0 Å². The lowest BCUT2D eigenvalue weighted by atomic mass is 10.0. The minimum absolute atomic E-state index is 0.134. The molecule has 0 fully saturated rings. The largest absolute Gasteiger partial charge is 0.491 e. The van der Waals surface area contributed by atoms with Crippen molar-refractivity contribution in [2.75, 3.05) is 13.2 Å². The van der Waals surface area contributed by atoms with Crippen molar-refractivity contribution < 1.29 is 19.1 Å². The van der Waals surface area contributed by atoms with E-state index in [4.69, 9.17) is 9.47 Å². The molecule has 0 bridgehead atoms. The fourth-order valence-corrected chi connectivity index (χ4v) is 3.39. The molecule has 1 aliphatic heterocycles. The van der Waals surface area contributed by atoms with E-state index in [1.165, 1.54) is 0 Å². The molecule has 1 aliphatic rings. The van der Waals surface area contributed by atoms with Crippen LogP contribution in [0.4, 0.5) is 0 Å². The van der Waals surface area contributed by atoms with Crippen molar-refractivity contribution in [1.82, 2.24) is 9.88 Å². The second-order valence-electron chi connectivity index (χ2n) is 6.50. The number of nitrogens with zero attached hydrogens (tertiary/aromatic N) is 2. The first-order chi connectivity index (χ1) is 12.4. The summed E-state index contributed by atoms with van der Waals surface area (Å²) in [5.41, 5.74) is 5.09. The molecule has 1 aromatic heterocycles. The van der Waals surface area contributed by atoms with Crippen LogP contribution in [-0.2, 0) is 11.3 Å². The zero-order valence-corrected chi connectivity index (χ0v) is 15.5. The van der Waals surface area contributed by atoms with Crippen LogP contribution in [-0.4, -0.2) is 35.4 Å². The van der Waals surface area contributed by atoms with Crippen molar-refractivity contribution in [2.45, 2.75) is 34.2 Å². The van der Waals surface area contributed by atoms with E-state index in [0.717, 1.165) is 22.5 Å². The number of aryl methyl sites for hydroxylation is 3. The number of hydrogen-bond donors (Lipinski definition) is 0. The Hall–Kier alpha value is -2.89. The summed E-state index contributed by atoms with van der Waals surface area (Å²) in [6, 6.07) is 5.34. The summed E-state index contributed by atoms with van der Waals surface area (Å²) < 4.78 is 10.7. The van der Waals surface area contributed by atoms with Gasteiger partial charge >= 0.3 is 0 Å². The number of fused-ring (bicyclic) bond motifs is 1. The normalized spacial score (nSPS) is 13.7. The third-order valence-corrected chi connectivity index (χ3v) is 4.70. The minimum atomic E-state index is -0.134. The molecule has 0 spiro atoms. The quantitative estimate of drug-likeness (QED) is 0.790. The maximum Gasteiger partial charge on any atom is 0.298 e. The van der Waals surface area contributed by atoms with E-state index >= 15 is 0 Å². The highest BCUT2D eigenvalue weighted by Gasteiger charge is 2.28. The maximum atomic E-state index is 13.2. The number of aromatic nitrogens is 1. The van der Waals surface area contributed by atoms with Gasteiger partial charge in [-0.25, -0.2) is 0 Å². The fourth-order valence-electron chi connectivity index (χ4n) is 3.39. The molecule has 0 unspecified atom stereocenters. The standard InChI is InChI=1S/C20H22N2O4/c1-12-9-13(2)21-15(4)16(12)10-22-7-8-25-18-6-5-17(26-11-23)14(3)19(18)20(22)24/h5-6,9,11H,7-8,10H2,1-4H3. The molecule has 0 saturated heterocycles. The average Bonchev–Trinajstić information content (AvgIpc) is 2.73. The molecule has 6 heteroatoms. The zero-order chi connectivity index (χ0) is 18.8. The molecule has 6 nitrogen and oxygen atoms in total. The zero-order valence-electron chi connectivity index (χ0n) is 15.5. The van der Waals surface area contributed by atoms with Gasteiger partial charge in [0.2, 0.25) is 0 Å². The first-order valence-electron chi connectivity index (χ1n) is 8.52. The van der Waals surface area contributed by atoms with E-state index < -0.39 is 0 Å². The first-order valence-corrected chi connectivity index (χ1v) is 8.52. The van der Waals surface area contributed by atoms with Crippen molar-refractivity contribution in [1.29, 1.82) is 0 Å². The number of amides is 1. The summed E-state index contributed by atoms with van der Waals surface area (Å²) in [7, 11) is 0. The van der Waals surface area contributed by atoms with Gasteiger partial charge in [0.25, 0.3) is 12.4 Å². The number of benzene rings is 1. The average molecular weight is 354 g/mol. The third kappa shape index (κ3) is 3.27. The second-order valence-corrected chi connectivity index (χ2v) is 6.50. The van der Waals surface area contributed by atoms with Gasteiger partial charge in [-0.1, -0.05) is 0 Å². The Labute approximate surface area is 152 Å². The van der Waals surface area contributed by atoms with Crippen molar-refractivity contribution in [2.24, 2.45) is 0 Å². The molecular weight excluding hydrogens is 332 g/mol. The Morgan fingerprint density at radius 1 is 1.27 bits per heavy atom. The fraction of sp³-hybridized carbons (Fsp3) is 0.350. The monoisotopic (exact) mass is 354 g/mol. The Bertz CT molecular complexity index is 853. The molecule has 2 aromatic rings. The van der Waals surface area contributed by atoms with Crippen LogP contribution < -0.4 is 9.47 Å². The van der Waals surface area contributed by atoms with E-state index in [-0.39, 0.29) is 5.91 Å².